The van der Waals surface area contributed by atoms with Gasteiger partial charge in [-0.1, -0.05) is 12.1 Å². The van der Waals surface area contributed by atoms with Gasteiger partial charge in [0.1, 0.15) is 0 Å². The summed E-state index contributed by atoms with van der Waals surface area (Å²) in [4.78, 5) is 0. The van der Waals surface area contributed by atoms with Crippen molar-refractivity contribution < 1.29 is 18.3 Å². The van der Waals surface area contributed by atoms with Crippen LogP contribution in [0.15, 0.2) is 24.3 Å². The Morgan fingerprint density at radius 3 is 2.38 bits per heavy atom. The van der Waals surface area contributed by atoms with Gasteiger partial charge in [-0.2, -0.15) is 8.78 Å². The zero-order valence-electron chi connectivity index (χ0n) is 6.41. The molecule has 1 rings (SSSR count). The molecule has 0 aliphatic heterocycles. The lowest BCUT2D eigenvalue weighted by atomic mass is 10.3. The minimum absolute atomic E-state index is 0.0229. The number of ether oxygens (including phenoxy) is 2. The van der Waals surface area contributed by atoms with E-state index in [2.05, 4.69) is 9.47 Å². The van der Waals surface area contributed by atoms with Crippen molar-refractivity contribution in [1.82, 2.24) is 0 Å². The number of hydrogen-bond acceptors (Lipinski definition) is 3. The molecule has 0 saturated carbocycles. The minimum atomic E-state index is -2.93. The van der Waals surface area contributed by atoms with Gasteiger partial charge in [0.2, 0.25) is 0 Å². The maximum absolute atomic E-state index is 11.8. The topological polar surface area (TPSA) is 42.2 Å². The fourth-order valence-corrected chi connectivity index (χ4v) is 0.777. The Labute approximate surface area is 73.1 Å². The van der Waals surface area contributed by atoms with E-state index in [0.717, 1.165) is 0 Å². The van der Waals surface area contributed by atoms with Crippen molar-refractivity contribution in [2.45, 2.75) is 6.61 Å². The van der Waals surface area contributed by atoms with E-state index in [4.69, 9.17) is 5.26 Å². The summed E-state index contributed by atoms with van der Waals surface area (Å²) in [6.07, 6.45) is 1.37. The van der Waals surface area contributed by atoms with E-state index in [1.165, 1.54) is 24.5 Å². The summed E-state index contributed by atoms with van der Waals surface area (Å²) in [7, 11) is 0. The highest BCUT2D eigenvalue weighted by Crippen LogP contribution is 2.27. The number of halogens is 2. The van der Waals surface area contributed by atoms with Crippen LogP contribution in [-0.2, 0) is 0 Å². The Balaban J connectivity index is 2.85. The van der Waals surface area contributed by atoms with Crippen molar-refractivity contribution in [3.05, 3.63) is 24.3 Å². The number of alkyl halides is 2. The standard InChI is InChI=1S/C8H5F2NO2/c9-8(10)13-7-4-2-1-3-6(7)12-5-11/h1-4,8H. The van der Waals surface area contributed by atoms with E-state index in [1.54, 1.807) is 6.07 Å². The Kier molecular flexibility index (Phi) is 3.03. The predicted octanol–water partition coefficient (Wildman–Crippen LogP) is 2.15. The van der Waals surface area contributed by atoms with Crippen LogP contribution in [0.5, 0.6) is 11.5 Å². The quantitative estimate of drug-likeness (QED) is 0.677. The zero-order valence-corrected chi connectivity index (χ0v) is 6.41. The molecule has 3 nitrogen and oxygen atoms in total. The molecule has 0 saturated heterocycles. The van der Waals surface area contributed by atoms with Crippen molar-refractivity contribution in [3.8, 4) is 17.8 Å². The Bertz CT molecular complexity index is 322. The fourth-order valence-electron chi connectivity index (χ4n) is 0.777. The average Bonchev–Trinajstić information content (AvgIpc) is 2.08. The molecule has 0 unspecified atom stereocenters. The van der Waals surface area contributed by atoms with Crippen LogP contribution in [0.3, 0.4) is 0 Å². The molecule has 0 N–H and O–H groups in total. The monoisotopic (exact) mass is 185 g/mol. The summed E-state index contributed by atoms with van der Waals surface area (Å²) in [6, 6.07) is 5.70. The Morgan fingerprint density at radius 1 is 1.23 bits per heavy atom. The Hall–Kier alpha value is -1.83. The molecule has 1 aromatic rings. The number of nitriles is 1. The molecule has 0 spiro atoms. The number of rotatable bonds is 3. The third kappa shape index (κ3) is 2.60. The van der Waals surface area contributed by atoms with Gasteiger partial charge in [0.25, 0.3) is 6.26 Å². The van der Waals surface area contributed by atoms with E-state index in [1.807, 2.05) is 0 Å². The summed E-state index contributed by atoms with van der Waals surface area (Å²) >= 11 is 0. The Morgan fingerprint density at radius 2 is 1.85 bits per heavy atom. The highest BCUT2D eigenvalue weighted by atomic mass is 19.3. The molecule has 0 bridgehead atoms. The molecule has 0 aliphatic rings. The smallest absolute Gasteiger partial charge is 0.387 e. The molecule has 1 aromatic carbocycles. The van der Waals surface area contributed by atoms with Gasteiger partial charge >= 0.3 is 6.61 Å². The lowest BCUT2D eigenvalue weighted by Gasteiger charge is -2.06. The van der Waals surface area contributed by atoms with Gasteiger partial charge in [-0.25, -0.2) is 0 Å². The van der Waals surface area contributed by atoms with Gasteiger partial charge in [0.05, 0.1) is 0 Å². The highest BCUT2D eigenvalue weighted by molar-refractivity contribution is 5.40. The maximum atomic E-state index is 11.8. The summed E-state index contributed by atoms with van der Waals surface area (Å²) in [5.41, 5.74) is 0. The van der Waals surface area contributed by atoms with Crippen LogP contribution in [0.1, 0.15) is 0 Å². The van der Waals surface area contributed by atoms with Gasteiger partial charge in [-0.15, -0.1) is 5.26 Å². The van der Waals surface area contributed by atoms with Crippen LogP contribution in [0.2, 0.25) is 0 Å². The molecule has 0 heterocycles. The highest BCUT2D eigenvalue weighted by Gasteiger charge is 2.09. The van der Waals surface area contributed by atoms with Crippen LogP contribution in [-0.4, -0.2) is 6.61 Å². The van der Waals surface area contributed by atoms with E-state index in [-0.39, 0.29) is 11.5 Å². The summed E-state index contributed by atoms with van der Waals surface area (Å²) in [6.45, 7) is -2.93. The van der Waals surface area contributed by atoms with Crippen LogP contribution < -0.4 is 9.47 Å². The average molecular weight is 185 g/mol. The lowest BCUT2D eigenvalue weighted by molar-refractivity contribution is -0.0509. The summed E-state index contributed by atoms with van der Waals surface area (Å²) < 4.78 is 32.0. The van der Waals surface area contributed by atoms with Gasteiger partial charge < -0.3 is 9.47 Å². The summed E-state index contributed by atoms with van der Waals surface area (Å²) in [5, 5.41) is 8.16. The number of nitrogens with zero attached hydrogens (tertiary/aromatic N) is 1. The van der Waals surface area contributed by atoms with Gasteiger partial charge in [-0.3, -0.25) is 0 Å². The van der Waals surface area contributed by atoms with E-state index < -0.39 is 6.61 Å². The lowest BCUT2D eigenvalue weighted by Crippen LogP contribution is -2.02. The first-order valence-corrected chi connectivity index (χ1v) is 3.34. The SMILES string of the molecule is N#COc1ccccc1OC(F)F. The molecular weight excluding hydrogens is 180 g/mol. The van der Waals surface area contributed by atoms with Crippen LogP contribution in [0.25, 0.3) is 0 Å². The molecule has 0 fully saturated rings. The third-order valence-electron chi connectivity index (χ3n) is 1.22. The largest absolute Gasteiger partial charge is 0.431 e. The van der Waals surface area contributed by atoms with Crippen LogP contribution in [0.4, 0.5) is 8.78 Å². The molecule has 68 valence electrons. The van der Waals surface area contributed by atoms with E-state index in [9.17, 15) is 8.78 Å². The fraction of sp³-hybridized carbons (Fsp3) is 0.125. The van der Waals surface area contributed by atoms with E-state index >= 15 is 0 Å². The number of hydrogen-bond donors (Lipinski definition) is 0. The van der Waals surface area contributed by atoms with Crippen LogP contribution in [0, 0.1) is 11.5 Å². The van der Waals surface area contributed by atoms with Gasteiger partial charge in [0, 0.05) is 0 Å². The normalized spacial score (nSPS) is 9.38. The first-order valence-electron chi connectivity index (χ1n) is 3.34. The number of para-hydroxylation sites is 2. The van der Waals surface area contributed by atoms with Crippen molar-refractivity contribution in [2.24, 2.45) is 0 Å². The molecule has 0 aromatic heterocycles. The molecular formula is C8H5F2NO2. The zero-order chi connectivity index (χ0) is 9.68. The van der Waals surface area contributed by atoms with Gasteiger partial charge in [0.15, 0.2) is 11.5 Å². The van der Waals surface area contributed by atoms with Crippen molar-refractivity contribution >= 4 is 0 Å². The van der Waals surface area contributed by atoms with Crippen molar-refractivity contribution in [2.75, 3.05) is 0 Å². The van der Waals surface area contributed by atoms with Gasteiger partial charge in [-0.05, 0) is 12.1 Å². The van der Waals surface area contributed by atoms with Crippen molar-refractivity contribution in [1.29, 1.82) is 5.26 Å². The molecule has 5 heteroatoms. The second-order valence-electron chi connectivity index (χ2n) is 2.02. The van der Waals surface area contributed by atoms with Crippen molar-refractivity contribution in [3.63, 3.8) is 0 Å². The molecule has 0 radical (unpaired) electrons. The first-order chi connectivity index (χ1) is 6.24. The molecule has 0 aliphatic carbocycles. The first kappa shape index (κ1) is 9.26. The second kappa shape index (κ2) is 4.26. The third-order valence-corrected chi connectivity index (χ3v) is 1.22. The molecule has 13 heavy (non-hydrogen) atoms. The maximum Gasteiger partial charge on any atom is 0.387 e. The van der Waals surface area contributed by atoms with E-state index in [0.29, 0.717) is 0 Å². The minimum Gasteiger partial charge on any atom is -0.431 e. The second-order valence-corrected chi connectivity index (χ2v) is 2.02. The number of benzene rings is 1. The van der Waals surface area contributed by atoms with Crippen LogP contribution >= 0.6 is 0 Å². The molecule has 0 atom stereocenters. The predicted molar refractivity (Wildman–Crippen MR) is 39.3 cm³/mol. The molecule has 0 amide bonds. The summed E-state index contributed by atoms with van der Waals surface area (Å²) in [5.74, 6) is -0.177.